The van der Waals surface area contributed by atoms with Gasteiger partial charge in [0.15, 0.2) is 0 Å². The quantitative estimate of drug-likeness (QED) is 0.875. The molecule has 2 N–H and O–H groups in total. The SMILES string of the molecule is CCc1nc(CNC(=O)Nc2ccc(N3CCCC3=O)cc2)cs1. The molecule has 6 nitrogen and oxygen atoms in total. The fraction of sp³-hybridized carbons (Fsp3) is 0.353. The molecule has 0 bridgehead atoms. The maximum atomic E-state index is 11.9. The van der Waals surface area contributed by atoms with Gasteiger partial charge in [0.05, 0.1) is 17.2 Å². The second-order valence-corrected chi connectivity index (χ2v) is 6.53. The summed E-state index contributed by atoms with van der Waals surface area (Å²) in [6, 6.07) is 7.04. The highest BCUT2D eigenvalue weighted by Crippen LogP contribution is 2.23. The van der Waals surface area contributed by atoms with Gasteiger partial charge in [0.25, 0.3) is 0 Å². The summed E-state index contributed by atoms with van der Waals surface area (Å²) < 4.78 is 0. The lowest BCUT2D eigenvalue weighted by molar-refractivity contribution is -0.117. The van der Waals surface area contributed by atoms with E-state index in [2.05, 4.69) is 22.5 Å². The minimum atomic E-state index is -0.272. The van der Waals surface area contributed by atoms with Gasteiger partial charge in [0.2, 0.25) is 5.91 Å². The molecule has 2 heterocycles. The van der Waals surface area contributed by atoms with Crippen LogP contribution >= 0.6 is 11.3 Å². The van der Waals surface area contributed by atoms with E-state index in [0.29, 0.717) is 18.7 Å². The monoisotopic (exact) mass is 344 g/mol. The van der Waals surface area contributed by atoms with Crippen molar-refractivity contribution in [2.75, 3.05) is 16.8 Å². The molecule has 1 saturated heterocycles. The van der Waals surface area contributed by atoms with E-state index in [1.165, 1.54) is 0 Å². The maximum absolute atomic E-state index is 11.9. The standard InChI is InChI=1S/C17H20N4O2S/c1-2-15-19-13(11-24-15)10-18-17(23)20-12-5-7-14(8-6-12)21-9-3-4-16(21)22/h5-8,11H,2-4,9-10H2,1H3,(H2,18,20,23). The van der Waals surface area contributed by atoms with Crippen molar-refractivity contribution in [3.63, 3.8) is 0 Å². The third kappa shape index (κ3) is 3.91. The Bertz CT molecular complexity index is 726. The van der Waals surface area contributed by atoms with E-state index >= 15 is 0 Å². The van der Waals surface area contributed by atoms with E-state index < -0.39 is 0 Å². The average molecular weight is 344 g/mol. The molecule has 0 atom stereocenters. The van der Waals surface area contributed by atoms with Crippen molar-refractivity contribution in [1.29, 1.82) is 0 Å². The molecule has 0 aliphatic carbocycles. The molecule has 1 aromatic carbocycles. The summed E-state index contributed by atoms with van der Waals surface area (Å²) in [7, 11) is 0. The third-order valence-electron chi connectivity index (χ3n) is 3.84. The average Bonchev–Trinajstić information content (AvgIpc) is 3.22. The summed E-state index contributed by atoms with van der Waals surface area (Å²) >= 11 is 1.60. The smallest absolute Gasteiger partial charge is 0.319 e. The number of benzene rings is 1. The predicted molar refractivity (Wildman–Crippen MR) is 95.4 cm³/mol. The van der Waals surface area contributed by atoms with Gasteiger partial charge in [-0.1, -0.05) is 6.92 Å². The predicted octanol–water partition coefficient (Wildman–Crippen LogP) is 3.15. The number of thiazole rings is 1. The Morgan fingerprint density at radius 1 is 1.33 bits per heavy atom. The zero-order valence-electron chi connectivity index (χ0n) is 13.5. The van der Waals surface area contributed by atoms with Gasteiger partial charge in [-0.05, 0) is 37.1 Å². The van der Waals surface area contributed by atoms with E-state index in [1.807, 2.05) is 17.5 Å². The number of hydrogen-bond donors (Lipinski definition) is 2. The van der Waals surface area contributed by atoms with Crippen LogP contribution in [0.15, 0.2) is 29.6 Å². The van der Waals surface area contributed by atoms with Crippen molar-refractivity contribution in [2.24, 2.45) is 0 Å². The Labute approximate surface area is 144 Å². The number of hydrogen-bond acceptors (Lipinski definition) is 4. The van der Waals surface area contributed by atoms with E-state index in [1.54, 1.807) is 28.4 Å². The fourth-order valence-corrected chi connectivity index (χ4v) is 3.33. The molecule has 7 heteroatoms. The number of anilines is 2. The van der Waals surface area contributed by atoms with Crippen molar-refractivity contribution in [3.8, 4) is 0 Å². The normalized spacial score (nSPS) is 14.0. The van der Waals surface area contributed by atoms with Gasteiger partial charge < -0.3 is 15.5 Å². The summed E-state index contributed by atoms with van der Waals surface area (Å²) in [5.74, 6) is 0.156. The number of carbonyl (C=O) groups is 2. The molecule has 1 aromatic heterocycles. The van der Waals surface area contributed by atoms with Crippen molar-refractivity contribution in [3.05, 3.63) is 40.3 Å². The molecule has 0 radical (unpaired) electrons. The Morgan fingerprint density at radius 2 is 2.12 bits per heavy atom. The van der Waals surface area contributed by atoms with Gasteiger partial charge in [0.1, 0.15) is 0 Å². The van der Waals surface area contributed by atoms with Crippen LogP contribution in [0, 0.1) is 0 Å². The molecule has 1 aliphatic heterocycles. The molecule has 1 aliphatic rings. The molecular weight excluding hydrogens is 324 g/mol. The molecular formula is C17H20N4O2S. The van der Waals surface area contributed by atoms with Crippen molar-refractivity contribution >= 4 is 34.6 Å². The highest BCUT2D eigenvalue weighted by molar-refractivity contribution is 7.09. The van der Waals surface area contributed by atoms with Crippen LogP contribution in [0.25, 0.3) is 0 Å². The number of urea groups is 1. The number of nitrogens with zero attached hydrogens (tertiary/aromatic N) is 2. The van der Waals surface area contributed by atoms with Crippen LogP contribution in [0.4, 0.5) is 16.2 Å². The number of amides is 3. The zero-order chi connectivity index (χ0) is 16.9. The van der Waals surface area contributed by atoms with Gasteiger partial charge >= 0.3 is 6.03 Å². The van der Waals surface area contributed by atoms with Crippen molar-refractivity contribution < 1.29 is 9.59 Å². The second kappa shape index (κ2) is 7.44. The minimum absolute atomic E-state index is 0.156. The number of carbonyl (C=O) groups excluding carboxylic acids is 2. The van der Waals surface area contributed by atoms with Gasteiger partial charge in [-0.3, -0.25) is 4.79 Å². The highest BCUT2D eigenvalue weighted by atomic mass is 32.1. The van der Waals surface area contributed by atoms with Crippen LogP contribution in [0.2, 0.25) is 0 Å². The molecule has 1 fully saturated rings. The van der Waals surface area contributed by atoms with E-state index in [4.69, 9.17) is 0 Å². The van der Waals surface area contributed by atoms with Crippen LogP contribution in [0.5, 0.6) is 0 Å². The minimum Gasteiger partial charge on any atom is -0.332 e. The zero-order valence-corrected chi connectivity index (χ0v) is 14.4. The first-order valence-corrected chi connectivity index (χ1v) is 8.92. The Hall–Kier alpha value is -2.41. The van der Waals surface area contributed by atoms with Gasteiger partial charge in [-0.25, -0.2) is 9.78 Å². The second-order valence-electron chi connectivity index (χ2n) is 5.59. The highest BCUT2D eigenvalue weighted by Gasteiger charge is 2.21. The van der Waals surface area contributed by atoms with Crippen molar-refractivity contribution in [1.82, 2.24) is 10.3 Å². The summed E-state index contributed by atoms with van der Waals surface area (Å²) in [5, 5.41) is 8.60. The molecule has 0 spiro atoms. The molecule has 0 saturated carbocycles. The summed E-state index contributed by atoms with van der Waals surface area (Å²) in [6.45, 7) is 3.23. The first-order valence-electron chi connectivity index (χ1n) is 8.04. The first kappa shape index (κ1) is 16.4. The van der Waals surface area contributed by atoms with Gasteiger partial charge in [-0.2, -0.15) is 0 Å². The Morgan fingerprint density at radius 3 is 2.75 bits per heavy atom. The summed E-state index contributed by atoms with van der Waals surface area (Å²) in [5.41, 5.74) is 2.43. The van der Waals surface area contributed by atoms with Crippen LogP contribution in [0.3, 0.4) is 0 Å². The lowest BCUT2D eigenvalue weighted by Gasteiger charge is -2.16. The lowest BCUT2D eigenvalue weighted by atomic mass is 10.2. The summed E-state index contributed by atoms with van der Waals surface area (Å²) in [6.07, 6.45) is 2.42. The first-order chi connectivity index (χ1) is 11.7. The van der Waals surface area contributed by atoms with Crippen LogP contribution in [0.1, 0.15) is 30.5 Å². The Kier molecular flexibility index (Phi) is 5.10. The van der Waals surface area contributed by atoms with E-state index in [-0.39, 0.29) is 11.9 Å². The molecule has 126 valence electrons. The lowest BCUT2D eigenvalue weighted by Crippen LogP contribution is -2.28. The number of rotatable bonds is 5. The number of aryl methyl sites for hydroxylation is 1. The Balaban J connectivity index is 1.51. The topological polar surface area (TPSA) is 74.3 Å². The number of aromatic nitrogens is 1. The molecule has 2 aromatic rings. The van der Waals surface area contributed by atoms with E-state index in [9.17, 15) is 9.59 Å². The number of nitrogens with one attached hydrogen (secondary N) is 2. The van der Waals surface area contributed by atoms with Crippen LogP contribution < -0.4 is 15.5 Å². The van der Waals surface area contributed by atoms with Crippen LogP contribution in [-0.4, -0.2) is 23.5 Å². The fourth-order valence-electron chi connectivity index (χ4n) is 2.58. The maximum Gasteiger partial charge on any atom is 0.319 e. The molecule has 24 heavy (non-hydrogen) atoms. The molecule has 3 rings (SSSR count). The largest absolute Gasteiger partial charge is 0.332 e. The third-order valence-corrected chi connectivity index (χ3v) is 4.88. The summed E-state index contributed by atoms with van der Waals surface area (Å²) in [4.78, 5) is 29.9. The van der Waals surface area contributed by atoms with Gasteiger partial charge in [-0.15, -0.1) is 11.3 Å². The molecule has 3 amide bonds. The van der Waals surface area contributed by atoms with Gasteiger partial charge in [0, 0.05) is 29.7 Å². The molecule has 0 unspecified atom stereocenters. The van der Waals surface area contributed by atoms with Crippen LogP contribution in [-0.2, 0) is 17.8 Å². The van der Waals surface area contributed by atoms with E-state index in [0.717, 1.165) is 35.8 Å². The van der Waals surface area contributed by atoms with Crippen molar-refractivity contribution in [2.45, 2.75) is 32.7 Å².